The average Bonchev–Trinajstić information content (AvgIpc) is 2.80. The minimum atomic E-state index is -0.262. The number of allylic oxidation sites excluding steroid dienone is 1. The van der Waals surface area contributed by atoms with Gasteiger partial charge in [-0.15, -0.1) is 0 Å². The van der Waals surface area contributed by atoms with Crippen molar-refractivity contribution in [3.05, 3.63) is 76.1 Å². The van der Waals surface area contributed by atoms with E-state index in [4.69, 9.17) is 4.74 Å². The van der Waals surface area contributed by atoms with Crippen molar-refractivity contribution in [3.63, 3.8) is 0 Å². The van der Waals surface area contributed by atoms with E-state index in [1.54, 1.807) is 36.5 Å². The topological polar surface area (TPSA) is 63.8 Å². The van der Waals surface area contributed by atoms with Crippen molar-refractivity contribution >= 4 is 17.0 Å². The summed E-state index contributed by atoms with van der Waals surface area (Å²) in [5.74, 6) is 0.617. The molecule has 2 aromatic carbocycles. The molecule has 1 aliphatic rings. The number of rotatable bonds is 7. The predicted octanol–water partition coefficient (Wildman–Crippen LogP) is 5.40. The summed E-state index contributed by atoms with van der Waals surface area (Å²) in [4.78, 5) is 17.8. The molecule has 0 bridgehead atoms. The largest absolute Gasteiger partial charge is 0.494 e. The highest BCUT2D eigenvalue weighted by atomic mass is 16.5. The molecular formula is C26H28N2O3. The van der Waals surface area contributed by atoms with Crippen molar-refractivity contribution in [1.82, 2.24) is 4.57 Å². The van der Waals surface area contributed by atoms with Gasteiger partial charge in [0, 0.05) is 23.5 Å². The van der Waals surface area contributed by atoms with Crippen LogP contribution in [0, 0.1) is 0 Å². The van der Waals surface area contributed by atoms with Crippen LogP contribution in [0.5, 0.6) is 11.6 Å². The first-order valence-electron chi connectivity index (χ1n) is 11.0. The maximum atomic E-state index is 13.2. The van der Waals surface area contributed by atoms with E-state index in [1.807, 2.05) is 25.1 Å². The van der Waals surface area contributed by atoms with Gasteiger partial charge in [0.25, 0.3) is 5.56 Å². The van der Waals surface area contributed by atoms with Gasteiger partial charge in [0.2, 0.25) is 5.88 Å². The standard InChI is InChI=1S/C26H28N2O3/c1-2-31-21-14-12-20(13-15-21)28-25(29)23-11-7-6-10-22(23)24(26(28)30)18-27-17-16-19-8-4-3-5-9-19/h6-8,10-15,18,30H,2-5,9,16-17H2,1H3. The molecule has 0 atom stereocenters. The summed E-state index contributed by atoms with van der Waals surface area (Å²) in [5, 5.41) is 12.3. The molecule has 0 unspecified atom stereocenters. The summed E-state index contributed by atoms with van der Waals surface area (Å²) in [7, 11) is 0. The van der Waals surface area contributed by atoms with E-state index in [1.165, 1.54) is 23.0 Å². The van der Waals surface area contributed by atoms with Crippen molar-refractivity contribution in [1.29, 1.82) is 0 Å². The molecule has 0 aliphatic heterocycles. The van der Waals surface area contributed by atoms with E-state index in [2.05, 4.69) is 11.1 Å². The van der Waals surface area contributed by atoms with Gasteiger partial charge in [-0.25, -0.2) is 4.57 Å². The molecule has 0 radical (unpaired) electrons. The van der Waals surface area contributed by atoms with Crippen molar-refractivity contribution in [3.8, 4) is 17.3 Å². The van der Waals surface area contributed by atoms with E-state index in [-0.39, 0.29) is 11.4 Å². The zero-order chi connectivity index (χ0) is 21.6. The number of hydrogen-bond donors (Lipinski definition) is 1. The number of hydrogen-bond acceptors (Lipinski definition) is 4. The summed E-state index contributed by atoms with van der Waals surface area (Å²) in [6.45, 7) is 3.16. The molecule has 0 saturated heterocycles. The fourth-order valence-electron chi connectivity index (χ4n) is 4.08. The highest BCUT2D eigenvalue weighted by Crippen LogP contribution is 2.27. The Labute approximate surface area is 182 Å². The van der Waals surface area contributed by atoms with Crippen LogP contribution in [-0.4, -0.2) is 29.0 Å². The summed E-state index contributed by atoms with van der Waals surface area (Å²) in [5.41, 5.74) is 2.35. The number of benzene rings is 2. The van der Waals surface area contributed by atoms with Crippen LogP contribution in [-0.2, 0) is 0 Å². The van der Waals surface area contributed by atoms with E-state index < -0.39 is 0 Å². The molecule has 0 fully saturated rings. The minimum Gasteiger partial charge on any atom is -0.494 e. The quantitative estimate of drug-likeness (QED) is 0.414. The lowest BCUT2D eigenvalue weighted by Crippen LogP contribution is -2.20. The lowest BCUT2D eigenvalue weighted by molar-refractivity contribution is 0.340. The molecule has 31 heavy (non-hydrogen) atoms. The van der Waals surface area contributed by atoms with Crippen LogP contribution in [0.2, 0.25) is 0 Å². The van der Waals surface area contributed by atoms with Gasteiger partial charge in [-0.2, -0.15) is 0 Å². The molecule has 5 nitrogen and oxygen atoms in total. The van der Waals surface area contributed by atoms with Gasteiger partial charge >= 0.3 is 0 Å². The zero-order valence-corrected chi connectivity index (χ0v) is 17.9. The summed E-state index contributed by atoms with van der Waals surface area (Å²) >= 11 is 0. The van der Waals surface area contributed by atoms with Gasteiger partial charge in [0.1, 0.15) is 5.75 Å². The normalized spacial score (nSPS) is 14.2. The minimum absolute atomic E-state index is 0.103. The number of aromatic hydroxyl groups is 1. The van der Waals surface area contributed by atoms with Crippen molar-refractivity contribution < 1.29 is 9.84 Å². The van der Waals surface area contributed by atoms with Crippen LogP contribution in [0.15, 0.2) is 70.0 Å². The number of aromatic nitrogens is 1. The lowest BCUT2D eigenvalue weighted by Gasteiger charge is -2.14. The molecular weight excluding hydrogens is 388 g/mol. The van der Waals surface area contributed by atoms with Crippen LogP contribution in [0.4, 0.5) is 0 Å². The molecule has 160 valence electrons. The second-order valence-electron chi connectivity index (χ2n) is 7.74. The highest BCUT2D eigenvalue weighted by Gasteiger charge is 2.16. The third kappa shape index (κ3) is 4.55. The molecule has 1 N–H and O–H groups in total. The fraction of sp³-hybridized carbons (Fsp3) is 0.308. The smallest absolute Gasteiger partial charge is 0.265 e. The Kier molecular flexibility index (Phi) is 6.51. The fourth-order valence-corrected chi connectivity index (χ4v) is 4.08. The lowest BCUT2D eigenvalue weighted by atomic mass is 9.97. The third-order valence-corrected chi connectivity index (χ3v) is 5.68. The van der Waals surface area contributed by atoms with Crippen molar-refractivity contribution in [2.75, 3.05) is 13.2 Å². The predicted molar refractivity (Wildman–Crippen MR) is 126 cm³/mol. The number of nitrogens with zero attached hydrogens (tertiary/aromatic N) is 2. The molecule has 5 heteroatoms. The van der Waals surface area contributed by atoms with Gasteiger partial charge in [0.05, 0.1) is 17.9 Å². The molecule has 0 saturated carbocycles. The first-order valence-corrected chi connectivity index (χ1v) is 11.0. The van der Waals surface area contributed by atoms with Crippen LogP contribution in [0.25, 0.3) is 16.5 Å². The second kappa shape index (κ2) is 9.65. The number of aliphatic imine (C=N–C) groups is 1. The number of pyridine rings is 1. The van der Waals surface area contributed by atoms with Crippen molar-refractivity contribution in [2.24, 2.45) is 4.99 Å². The zero-order valence-electron chi connectivity index (χ0n) is 17.9. The Morgan fingerprint density at radius 1 is 1.10 bits per heavy atom. The molecule has 3 aromatic rings. The van der Waals surface area contributed by atoms with Crippen LogP contribution in [0.3, 0.4) is 0 Å². The van der Waals surface area contributed by atoms with Gasteiger partial charge < -0.3 is 9.84 Å². The molecule has 1 aliphatic carbocycles. The number of fused-ring (bicyclic) bond motifs is 1. The summed E-state index contributed by atoms with van der Waals surface area (Å²) in [6, 6.07) is 14.5. The Hall–Kier alpha value is -3.34. The van der Waals surface area contributed by atoms with E-state index in [9.17, 15) is 9.90 Å². The second-order valence-corrected chi connectivity index (χ2v) is 7.74. The Bertz CT molecular complexity index is 1170. The van der Waals surface area contributed by atoms with Gasteiger partial charge in [0.15, 0.2) is 0 Å². The van der Waals surface area contributed by atoms with E-state index in [0.29, 0.717) is 35.2 Å². The molecule has 1 aromatic heterocycles. The Balaban J connectivity index is 1.71. The van der Waals surface area contributed by atoms with Crippen LogP contribution < -0.4 is 10.3 Å². The highest BCUT2D eigenvalue weighted by molar-refractivity contribution is 6.01. The first-order chi connectivity index (χ1) is 15.2. The van der Waals surface area contributed by atoms with Gasteiger partial charge in [-0.3, -0.25) is 9.79 Å². The van der Waals surface area contributed by atoms with E-state index >= 15 is 0 Å². The molecule has 1 heterocycles. The average molecular weight is 417 g/mol. The van der Waals surface area contributed by atoms with Crippen LogP contribution in [0.1, 0.15) is 44.6 Å². The maximum Gasteiger partial charge on any atom is 0.265 e. The SMILES string of the molecule is CCOc1ccc(-n2c(O)c(C=NCCC3=CCCCC3)c3ccccc3c2=O)cc1. The summed E-state index contributed by atoms with van der Waals surface area (Å²) < 4.78 is 6.83. The first kappa shape index (κ1) is 20.9. The monoisotopic (exact) mass is 416 g/mol. The van der Waals surface area contributed by atoms with Gasteiger partial charge in [-0.05, 0) is 69.4 Å². The maximum absolute atomic E-state index is 13.2. The van der Waals surface area contributed by atoms with E-state index in [0.717, 1.165) is 25.0 Å². The molecule has 0 amide bonds. The van der Waals surface area contributed by atoms with Crippen molar-refractivity contribution in [2.45, 2.75) is 39.0 Å². The Morgan fingerprint density at radius 3 is 2.58 bits per heavy atom. The molecule has 0 spiro atoms. The van der Waals surface area contributed by atoms with Gasteiger partial charge in [-0.1, -0.05) is 29.8 Å². The summed E-state index contributed by atoms with van der Waals surface area (Å²) in [6.07, 6.45) is 9.83. The molecule has 4 rings (SSSR count). The number of ether oxygens (including phenoxy) is 1. The van der Waals surface area contributed by atoms with Crippen LogP contribution >= 0.6 is 0 Å². The third-order valence-electron chi connectivity index (χ3n) is 5.68. The Morgan fingerprint density at radius 2 is 1.87 bits per heavy atom.